The molecule has 2 saturated heterocycles. The molecule has 6 nitrogen and oxygen atoms in total. The van der Waals surface area contributed by atoms with Gasteiger partial charge in [0.15, 0.2) is 0 Å². The first-order valence-electron chi connectivity index (χ1n) is 9.11. The Kier molecular flexibility index (Phi) is 5.10. The molecule has 2 aliphatic heterocycles. The smallest absolute Gasteiger partial charge is 0.255 e. The summed E-state index contributed by atoms with van der Waals surface area (Å²) in [7, 11) is 0. The molecule has 1 aliphatic carbocycles. The Hall–Kier alpha value is -1.37. The van der Waals surface area contributed by atoms with Crippen molar-refractivity contribution in [2.45, 2.75) is 37.8 Å². The van der Waals surface area contributed by atoms with Gasteiger partial charge in [-0.15, -0.1) is 0 Å². The third-order valence-corrected chi connectivity index (χ3v) is 5.48. The maximum Gasteiger partial charge on any atom is 0.255 e. The number of carbonyl (C=O) groups is 1. The number of nitrogens with zero attached hydrogens (tertiary/aromatic N) is 2. The van der Waals surface area contributed by atoms with Crippen molar-refractivity contribution < 1.29 is 14.3 Å². The summed E-state index contributed by atoms with van der Waals surface area (Å²) in [4.78, 5) is 18.7. The molecule has 1 amide bonds. The van der Waals surface area contributed by atoms with E-state index in [-0.39, 0.29) is 5.91 Å². The molecular weight excluding hydrogens is 342 g/mol. The number of aromatic nitrogens is 1. The largest absolute Gasteiger partial charge is 0.378 e. The second-order valence-corrected chi connectivity index (χ2v) is 7.48. The van der Waals surface area contributed by atoms with Gasteiger partial charge in [-0.1, -0.05) is 11.6 Å². The van der Waals surface area contributed by atoms with Crippen molar-refractivity contribution in [3.63, 3.8) is 0 Å². The Morgan fingerprint density at radius 1 is 1.24 bits per heavy atom. The van der Waals surface area contributed by atoms with Crippen LogP contribution in [-0.4, -0.2) is 60.8 Å². The van der Waals surface area contributed by atoms with E-state index in [1.165, 1.54) is 12.8 Å². The molecule has 0 radical (unpaired) electrons. The minimum atomic E-state index is -0.0379. The average molecular weight is 366 g/mol. The number of anilines is 1. The molecule has 1 aromatic rings. The predicted octanol–water partition coefficient (Wildman–Crippen LogP) is 2.58. The second kappa shape index (κ2) is 7.48. The summed E-state index contributed by atoms with van der Waals surface area (Å²) in [6.07, 6.45) is 6.51. The van der Waals surface area contributed by atoms with Crippen LogP contribution in [0.25, 0.3) is 0 Å². The molecular formula is C18H24ClN3O3. The number of amides is 1. The first kappa shape index (κ1) is 17.1. The van der Waals surface area contributed by atoms with Crippen LogP contribution in [0.3, 0.4) is 0 Å². The molecule has 2 unspecified atom stereocenters. The number of pyridine rings is 1. The van der Waals surface area contributed by atoms with Crippen LogP contribution in [0.2, 0.25) is 5.02 Å². The van der Waals surface area contributed by atoms with Crippen molar-refractivity contribution in [3.8, 4) is 0 Å². The van der Waals surface area contributed by atoms with Crippen LogP contribution in [0, 0.1) is 5.92 Å². The number of hydrogen-bond donors (Lipinski definition) is 1. The summed E-state index contributed by atoms with van der Waals surface area (Å²) in [6, 6.07) is 2.04. The fourth-order valence-electron chi connectivity index (χ4n) is 3.56. The number of morpholine rings is 1. The number of nitrogens with one attached hydrogen (secondary N) is 1. The predicted molar refractivity (Wildman–Crippen MR) is 95.1 cm³/mol. The molecule has 1 aromatic heterocycles. The van der Waals surface area contributed by atoms with Crippen LogP contribution < -0.4 is 5.32 Å². The van der Waals surface area contributed by atoms with E-state index >= 15 is 0 Å². The van der Waals surface area contributed by atoms with Gasteiger partial charge in [-0.25, -0.2) is 4.98 Å². The summed E-state index contributed by atoms with van der Waals surface area (Å²) in [5.41, 5.74) is 0.528. The minimum absolute atomic E-state index is 0.0379. The van der Waals surface area contributed by atoms with Crippen LogP contribution in [0.5, 0.6) is 0 Å². The van der Waals surface area contributed by atoms with E-state index in [2.05, 4.69) is 10.3 Å². The highest BCUT2D eigenvalue weighted by molar-refractivity contribution is 6.33. The minimum Gasteiger partial charge on any atom is -0.378 e. The third-order valence-electron chi connectivity index (χ3n) is 5.19. The maximum atomic E-state index is 12.5. The Balaban J connectivity index is 1.40. The zero-order chi connectivity index (χ0) is 17.2. The number of hydrogen-bond acceptors (Lipinski definition) is 5. The van der Waals surface area contributed by atoms with Gasteiger partial charge in [-0.05, 0) is 37.7 Å². The van der Waals surface area contributed by atoms with Gasteiger partial charge in [0.05, 0.1) is 29.9 Å². The monoisotopic (exact) mass is 365 g/mol. The average Bonchev–Trinajstić information content (AvgIpc) is 3.49. The van der Waals surface area contributed by atoms with E-state index in [1.807, 2.05) is 0 Å². The molecule has 3 fully saturated rings. The van der Waals surface area contributed by atoms with Crippen molar-refractivity contribution in [1.29, 1.82) is 0 Å². The zero-order valence-electron chi connectivity index (χ0n) is 14.2. The lowest BCUT2D eigenvalue weighted by molar-refractivity contribution is -0.00223. The third kappa shape index (κ3) is 4.07. The van der Waals surface area contributed by atoms with Gasteiger partial charge in [0, 0.05) is 31.9 Å². The lowest BCUT2D eigenvalue weighted by Crippen LogP contribution is -2.40. The quantitative estimate of drug-likeness (QED) is 0.888. The van der Waals surface area contributed by atoms with Gasteiger partial charge >= 0.3 is 0 Å². The number of rotatable bonds is 4. The molecule has 136 valence electrons. The van der Waals surface area contributed by atoms with Gasteiger partial charge in [-0.3, -0.25) is 4.79 Å². The highest BCUT2D eigenvalue weighted by atomic mass is 35.5. The van der Waals surface area contributed by atoms with Crippen molar-refractivity contribution >= 4 is 23.3 Å². The summed E-state index contributed by atoms with van der Waals surface area (Å²) in [5, 5.41) is 3.93. The first-order valence-corrected chi connectivity index (χ1v) is 9.49. The van der Waals surface area contributed by atoms with E-state index in [0.717, 1.165) is 25.4 Å². The van der Waals surface area contributed by atoms with Crippen LogP contribution in [0.1, 0.15) is 36.0 Å². The summed E-state index contributed by atoms with van der Waals surface area (Å²) >= 11 is 6.39. The molecule has 25 heavy (non-hydrogen) atoms. The van der Waals surface area contributed by atoms with E-state index in [1.54, 1.807) is 17.2 Å². The molecule has 3 heterocycles. The topological polar surface area (TPSA) is 63.7 Å². The molecule has 1 N–H and O–H groups in total. The van der Waals surface area contributed by atoms with Gasteiger partial charge in [0.2, 0.25) is 0 Å². The van der Waals surface area contributed by atoms with Crippen LogP contribution in [0.15, 0.2) is 12.3 Å². The number of halogens is 1. The second-order valence-electron chi connectivity index (χ2n) is 7.07. The van der Waals surface area contributed by atoms with Crippen LogP contribution >= 0.6 is 11.6 Å². The van der Waals surface area contributed by atoms with Crippen molar-refractivity contribution in [1.82, 2.24) is 9.88 Å². The molecule has 1 saturated carbocycles. The maximum absolute atomic E-state index is 12.5. The lowest BCUT2D eigenvalue weighted by Gasteiger charge is -2.31. The molecule has 7 heteroatoms. The van der Waals surface area contributed by atoms with E-state index in [9.17, 15) is 4.79 Å². The zero-order valence-corrected chi connectivity index (χ0v) is 15.0. The number of ether oxygens (including phenoxy) is 2. The van der Waals surface area contributed by atoms with Crippen molar-refractivity contribution in [2.24, 2.45) is 5.92 Å². The van der Waals surface area contributed by atoms with E-state index < -0.39 is 0 Å². The fraction of sp³-hybridized carbons (Fsp3) is 0.667. The van der Waals surface area contributed by atoms with Crippen molar-refractivity contribution in [2.75, 3.05) is 38.2 Å². The van der Waals surface area contributed by atoms with Crippen molar-refractivity contribution in [3.05, 3.63) is 22.8 Å². The molecule has 0 bridgehead atoms. The Morgan fingerprint density at radius 3 is 2.76 bits per heavy atom. The van der Waals surface area contributed by atoms with Gasteiger partial charge in [0.25, 0.3) is 5.91 Å². The molecule has 0 spiro atoms. The fourth-order valence-corrected chi connectivity index (χ4v) is 3.78. The summed E-state index contributed by atoms with van der Waals surface area (Å²) < 4.78 is 11.2. The van der Waals surface area contributed by atoms with Gasteiger partial charge < -0.3 is 19.7 Å². The van der Waals surface area contributed by atoms with E-state index in [0.29, 0.717) is 54.9 Å². The standard InChI is InChI=1S/C18H24ClN3O3/c19-15-9-13(18(23)22-4-7-24-8-5-22)11-20-17(15)21-14-3-6-25-16(10-14)12-1-2-12/h9,11-12,14,16H,1-8,10H2,(H,20,21). The van der Waals surface area contributed by atoms with Crippen LogP contribution in [0.4, 0.5) is 5.82 Å². The number of carbonyl (C=O) groups excluding carboxylic acids is 1. The summed E-state index contributed by atoms with van der Waals surface area (Å²) in [6.45, 7) is 3.17. The molecule has 4 rings (SSSR count). The van der Waals surface area contributed by atoms with Crippen LogP contribution in [-0.2, 0) is 9.47 Å². The molecule has 2 atom stereocenters. The highest BCUT2D eigenvalue weighted by Crippen LogP contribution is 2.38. The van der Waals surface area contributed by atoms with Gasteiger partial charge in [0.1, 0.15) is 5.82 Å². The lowest BCUT2D eigenvalue weighted by atomic mass is 10.00. The SMILES string of the molecule is O=C(c1cnc(NC2CCOC(C3CC3)C2)c(Cl)c1)N1CCOCC1. The molecule has 3 aliphatic rings. The first-order chi connectivity index (χ1) is 12.2. The van der Waals surface area contributed by atoms with Gasteiger partial charge in [-0.2, -0.15) is 0 Å². The van der Waals surface area contributed by atoms with E-state index in [4.69, 9.17) is 21.1 Å². The summed E-state index contributed by atoms with van der Waals surface area (Å²) in [5.74, 6) is 1.35. The molecule has 0 aromatic carbocycles. The Morgan fingerprint density at radius 2 is 2.04 bits per heavy atom. The highest BCUT2D eigenvalue weighted by Gasteiger charge is 2.36. The Labute approximate surface area is 152 Å². The normalized spacial score (nSPS) is 27.2. The Bertz CT molecular complexity index is 632.